The zero-order chi connectivity index (χ0) is 11.7. The Bertz CT molecular complexity index is 254. The van der Waals surface area contributed by atoms with E-state index < -0.39 is 24.2 Å². The first-order valence-corrected chi connectivity index (χ1v) is 4.83. The van der Waals surface area contributed by atoms with Crippen molar-refractivity contribution < 1.29 is 23.1 Å². The fraction of sp³-hybridized carbons (Fsp3) is 0.889. The molecule has 6 heteroatoms. The molecule has 1 saturated carbocycles. The summed E-state index contributed by atoms with van der Waals surface area (Å²) in [5.74, 6) is -1.45. The smallest absolute Gasteiger partial charge is 0.401 e. The number of halogens is 3. The number of carboxylic acid groups (broad SMARTS) is 1. The first-order chi connectivity index (χ1) is 6.78. The van der Waals surface area contributed by atoms with Gasteiger partial charge in [-0.25, -0.2) is 0 Å². The number of rotatable bonds is 3. The van der Waals surface area contributed by atoms with Crippen LogP contribution in [0, 0.1) is 5.92 Å². The molecule has 0 amide bonds. The van der Waals surface area contributed by atoms with Crippen LogP contribution >= 0.6 is 0 Å². The third-order valence-electron chi connectivity index (χ3n) is 3.04. The molecule has 1 aliphatic rings. The Hall–Kier alpha value is -0.780. The van der Waals surface area contributed by atoms with E-state index in [2.05, 4.69) is 5.32 Å². The van der Waals surface area contributed by atoms with E-state index in [1.165, 1.54) is 0 Å². The average Bonchev–Trinajstić information content (AvgIpc) is 2.43. The van der Waals surface area contributed by atoms with E-state index in [1.807, 2.05) is 0 Å². The van der Waals surface area contributed by atoms with Crippen LogP contribution < -0.4 is 5.32 Å². The molecule has 0 aromatic heterocycles. The van der Waals surface area contributed by atoms with Gasteiger partial charge in [0, 0.05) is 0 Å². The summed E-state index contributed by atoms with van der Waals surface area (Å²) in [6.07, 6.45) is -2.81. The van der Waals surface area contributed by atoms with Gasteiger partial charge < -0.3 is 5.11 Å². The lowest BCUT2D eigenvalue weighted by atomic mass is 9.88. The van der Waals surface area contributed by atoms with Crippen LogP contribution in [0.5, 0.6) is 0 Å². The normalized spacial score (nSPS) is 31.9. The molecule has 2 unspecified atom stereocenters. The molecule has 1 rings (SSSR count). The van der Waals surface area contributed by atoms with Crippen LogP contribution in [0.1, 0.15) is 26.2 Å². The van der Waals surface area contributed by atoms with Crippen molar-refractivity contribution in [1.82, 2.24) is 5.32 Å². The molecule has 3 nitrogen and oxygen atoms in total. The van der Waals surface area contributed by atoms with Crippen LogP contribution in [0.15, 0.2) is 0 Å². The first kappa shape index (κ1) is 12.3. The monoisotopic (exact) mass is 225 g/mol. The Morgan fingerprint density at radius 3 is 2.53 bits per heavy atom. The van der Waals surface area contributed by atoms with Crippen molar-refractivity contribution in [3.63, 3.8) is 0 Å². The molecule has 2 atom stereocenters. The van der Waals surface area contributed by atoms with Gasteiger partial charge in [0.05, 0.1) is 6.54 Å². The van der Waals surface area contributed by atoms with Crippen LogP contribution in [0.4, 0.5) is 13.2 Å². The topological polar surface area (TPSA) is 49.3 Å². The maximum Gasteiger partial charge on any atom is 0.401 e. The highest BCUT2D eigenvalue weighted by molar-refractivity contribution is 5.79. The molecule has 1 aliphatic carbocycles. The molecule has 0 heterocycles. The Kier molecular flexibility index (Phi) is 3.28. The summed E-state index contributed by atoms with van der Waals surface area (Å²) in [7, 11) is 0. The highest BCUT2D eigenvalue weighted by atomic mass is 19.4. The van der Waals surface area contributed by atoms with Crippen molar-refractivity contribution in [2.45, 2.75) is 37.9 Å². The summed E-state index contributed by atoms with van der Waals surface area (Å²) >= 11 is 0. The molecule has 0 spiro atoms. The van der Waals surface area contributed by atoms with Crippen LogP contribution in [0.2, 0.25) is 0 Å². The van der Waals surface area contributed by atoms with Crippen molar-refractivity contribution >= 4 is 5.97 Å². The van der Waals surface area contributed by atoms with Gasteiger partial charge in [0.15, 0.2) is 0 Å². The molecule has 88 valence electrons. The van der Waals surface area contributed by atoms with Gasteiger partial charge in [-0.05, 0) is 18.8 Å². The molecule has 2 N–H and O–H groups in total. The fourth-order valence-electron chi connectivity index (χ4n) is 2.09. The highest BCUT2D eigenvalue weighted by Gasteiger charge is 2.48. The summed E-state index contributed by atoms with van der Waals surface area (Å²) in [5, 5.41) is 11.2. The van der Waals surface area contributed by atoms with Crippen molar-refractivity contribution in [3.05, 3.63) is 0 Å². The lowest BCUT2D eigenvalue weighted by Crippen LogP contribution is -2.56. The van der Waals surface area contributed by atoms with Gasteiger partial charge in [0.1, 0.15) is 5.54 Å². The predicted octanol–water partition coefficient (Wildman–Crippen LogP) is 1.78. The molecule has 0 saturated heterocycles. The molecular weight excluding hydrogens is 211 g/mol. The zero-order valence-electron chi connectivity index (χ0n) is 8.40. The summed E-state index contributed by atoms with van der Waals surface area (Å²) in [6.45, 7) is 0.425. The number of nitrogens with one attached hydrogen (secondary N) is 1. The molecule has 0 bridgehead atoms. The first-order valence-electron chi connectivity index (χ1n) is 4.83. The standard InChI is InChI=1S/C9H14F3NO2/c1-6-3-2-4-8(6,7(14)15)13-5-9(10,11)12/h6,13H,2-5H2,1H3,(H,14,15). The second-order valence-corrected chi connectivity index (χ2v) is 4.04. The van der Waals surface area contributed by atoms with Gasteiger partial charge in [-0.2, -0.15) is 13.2 Å². The van der Waals surface area contributed by atoms with Crippen LogP contribution in [0.3, 0.4) is 0 Å². The average molecular weight is 225 g/mol. The van der Waals surface area contributed by atoms with Gasteiger partial charge in [0.25, 0.3) is 0 Å². The third-order valence-corrected chi connectivity index (χ3v) is 3.04. The molecule has 0 aromatic carbocycles. The van der Waals surface area contributed by atoms with E-state index in [9.17, 15) is 18.0 Å². The summed E-state index contributed by atoms with van der Waals surface area (Å²) in [5.41, 5.74) is -1.39. The summed E-state index contributed by atoms with van der Waals surface area (Å²) in [4.78, 5) is 11.0. The van der Waals surface area contributed by atoms with E-state index >= 15 is 0 Å². The Morgan fingerprint density at radius 1 is 1.60 bits per heavy atom. The molecular formula is C9H14F3NO2. The van der Waals surface area contributed by atoms with Crippen LogP contribution in [-0.2, 0) is 4.79 Å². The highest BCUT2D eigenvalue weighted by Crippen LogP contribution is 2.36. The number of carbonyl (C=O) groups is 1. The maximum atomic E-state index is 12.0. The van der Waals surface area contributed by atoms with Crippen molar-refractivity contribution in [3.8, 4) is 0 Å². The van der Waals surface area contributed by atoms with E-state index in [0.29, 0.717) is 12.8 Å². The number of hydrogen-bond donors (Lipinski definition) is 2. The molecule has 1 fully saturated rings. The van der Waals surface area contributed by atoms with Gasteiger partial charge in [0.2, 0.25) is 0 Å². The van der Waals surface area contributed by atoms with E-state index in [1.54, 1.807) is 6.92 Å². The number of carboxylic acids is 1. The minimum Gasteiger partial charge on any atom is -0.480 e. The Labute approximate surface area is 85.7 Å². The zero-order valence-corrected chi connectivity index (χ0v) is 8.40. The number of hydrogen-bond acceptors (Lipinski definition) is 2. The second-order valence-electron chi connectivity index (χ2n) is 4.04. The quantitative estimate of drug-likeness (QED) is 0.769. The second kappa shape index (κ2) is 4.00. The Morgan fingerprint density at radius 2 is 2.20 bits per heavy atom. The van der Waals surface area contributed by atoms with E-state index in [0.717, 1.165) is 0 Å². The SMILES string of the molecule is CC1CCCC1(NCC(F)(F)F)C(=O)O. The molecule has 0 aliphatic heterocycles. The van der Waals surface area contributed by atoms with Gasteiger partial charge in [-0.15, -0.1) is 0 Å². The lowest BCUT2D eigenvalue weighted by molar-refractivity contribution is -0.152. The van der Waals surface area contributed by atoms with E-state index in [4.69, 9.17) is 5.11 Å². The fourth-order valence-corrected chi connectivity index (χ4v) is 2.09. The van der Waals surface area contributed by atoms with Gasteiger partial charge in [-0.3, -0.25) is 10.1 Å². The molecule has 15 heavy (non-hydrogen) atoms. The molecule has 0 aromatic rings. The predicted molar refractivity (Wildman–Crippen MR) is 47.4 cm³/mol. The van der Waals surface area contributed by atoms with Crippen LogP contribution in [0.25, 0.3) is 0 Å². The van der Waals surface area contributed by atoms with Gasteiger partial charge >= 0.3 is 12.1 Å². The van der Waals surface area contributed by atoms with E-state index in [-0.39, 0.29) is 12.3 Å². The third kappa shape index (κ3) is 2.62. The van der Waals surface area contributed by atoms with Crippen molar-refractivity contribution in [1.29, 1.82) is 0 Å². The van der Waals surface area contributed by atoms with Crippen LogP contribution in [-0.4, -0.2) is 29.3 Å². The lowest BCUT2D eigenvalue weighted by Gasteiger charge is -2.30. The van der Waals surface area contributed by atoms with Crippen molar-refractivity contribution in [2.75, 3.05) is 6.54 Å². The van der Waals surface area contributed by atoms with Gasteiger partial charge in [-0.1, -0.05) is 13.3 Å². The van der Waals surface area contributed by atoms with Crippen molar-refractivity contribution in [2.24, 2.45) is 5.92 Å². The number of aliphatic carboxylic acids is 1. The minimum absolute atomic E-state index is 0.263. The largest absolute Gasteiger partial charge is 0.480 e. The maximum absolute atomic E-state index is 12.0. The number of alkyl halides is 3. The summed E-state index contributed by atoms with van der Waals surface area (Å²) in [6, 6.07) is 0. The summed E-state index contributed by atoms with van der Waals surface area (Å²) < 4.78 is 36.0. The minimum atomic E-state index is -4.37. The molecule has 0 radical (unpaired) electrons. The Balaban J connectivity index is 2.71.